The quantitative estimate of drug-likeness (QED) is 0.768. The first-order chi connectivity index (χ1) is 10.1. The zero-order chi connectivity index (χ0) is 15.2. The molecule has 1 aliphatic carbocycles. The van der Waals surface area contributed by atoms with Gasteiger partial charge in [-0.1, -0.05) is 6.07 Å². The van der Waals surface area contributed by atoms with Crippen LogP contribution in [0.5, 0.6) is 11.5 Å². The van der Waals surface area contributed by atoms with Crippen LogP contribution in [0.2, 0.25) is 0 Å². The fraction of sp³-hybridized carbons (Fsp3) is 0.562. The van der Waals surface area contributed by atoms with Crippen LogP contribution in [0.3, 0.4) is 0 Å². The normalized spacial score (nSPS) is 15.4. The van der Waals surface area contributed by atoms with Crippen molar-refractivity contribution in [3.05, 3.63) is 23.8 Å². The van der Waals surface area contributed by atoms with E-state index in [1.807, 2.05) is 25.1 Å². The van der Waals surface area contributed by atoms with Crippen molar-refractivity contribution in [3.63, 3.8) is 0 Å². The molecule has 5 nitrogen and oxygen atoms in total. The fourth-order valence-electron chi connectivity index (χ4n) is 2.03. The molecule has 1 unspecified atom stereocenters. The molecule has 0 radical (unpaired) electrons. The molecule has 0 saturated heterocycles. The van der Waals surface area contributed by atoms with Gasteiger partial charge in [0.1, 0.15) is 0 Å². The molecule has 116 valence electrons. The van der Waals surface area contributed by atoms with E-state index in [4.69, 9.17) is 9.47 Å². The topological polar surface area (TPSA) is 59.6 Å². The molecule has 1 fully saturated rings. The number of nitrogens with one attached hydrogen (secondary N) is 2. The van der Waals surface area contributed by atoms with Crippen molar-refractivity contribution in [2.45, 2.75) is 45.4 Å². The zero-order valence-electron chi connectivity index (χ0n) is 12.9. The Morgan fingerprint density at radius 3 is 2.76 bits per heavy atom. The summed E-state index contributed by atoms with van der Waals surface area (Å²) in [6.07, 6.45) is 1.96. The summed E-state index contributed by atoms with van der Waals surface area (Å²) in [5.41, 5.74) is 1.13. The summed E-state index contributed by atoms with van der Waals surface area (Å²) in [5.74, 6) is 1.12. The van der Waals surface area contributed by atoms with E-state index in [1.165, 1.54) is 12.8 Å². The standard InChI is InChI=1S/C16H24N2O3/c1-4-17-16(19)11(2)21-15-9-12(5-8-14(15)20-3)10-18-13-6-7-13/h5,8-9,11,13,18H,4,6-7,10H2,1-3H3,(H,17,19). The summed E-state index contributed by atoms with van der Waals surface area (Å²) in [6, 6.07) is 6.48. The van der Waals surface area contributed by atoms with Gasteiger partial charge >= 0.3 is 0 Å². The van der Waals surface area contributed by atoms with Crippen molar-refractivity contribution in [3.8, 4) is 11.5 Å². The van der Waals surface area contributed by atoms with Crippen molar-refractivity contribution >= 4 is 5.91 Å². The highest BCUT2D eigenvalue weighted by Crippen LogP contribution is 2.29. The minimum absolute atomic E-state index is 0.124. The van der Waals surface area contributed by atoms with E-state index in [1.54, 1.807) is 14.0 Å². The van der Waals surface area contributed by atoms with Crippen molar-refractivity contribution in [2.24, 2.45) is 0 Å². The third-order valence-corrected chi connectivity index (χ3v) is 3.42. The molecule has 1 atom stereocenters. The van der Waals surface area contributed by atoms with Crippen molar-refractivity contribution in [1.29, 1.82) is 0 Å². The second kappa shape index (κ2) is 7.31. The van der Waals surface area contributed by atoms with Gasteiger partial charge in [-0.2, -0.15) is 0 Å². The number of carbonyl (C=O) groups is 1. The lowest BCUT2D eigenvalue weighted by atomic mass is 10.2. The number of carbonyl (C=O) groups excluding carboxylic acids is 1. The highest BCUT2D eigenvalue weighted by molar-refractivity contribution is 5.80. The summed E-state index contributed by atoms with van der Waals surface area (Å²) in [4.78, 5) is 11.8. The third-order valence-electron chi connectivity index (χ3n) is 3.42. The molecule has 1 amide bonds. The number of rotatable bonds is 8. The fourth-order valence-corrected chi connectivity index (χ4v) is 2.03. The maximum absolute atomic E-state index is 11.8. The molecule has 0 bridgehead atoms. The lowest BCUT2D eigenvalue weighted by Crippen LogP contribution is -2.36. The van der Waals surface area contributed by atoms with Crippen LogP contribution in [0.4, 0.5) is 0 Å². The Bertz CT molecular complexity index is 486. The third kappa shape index (κ3) is 4.63. The van der Waals surface area contributed by atoms with Crippen molar-refractivity contribution in [1.82, 2.24) is 10.6 Å². The molecular formula is C16H24N2O3. The van der Waals surface area contributed by atoms with Gasteiger partial charge in [0.15, 0.2) is 17.6 Å². The predicted molar refractivity (Wildman–Crippen MR) is 81.6 cm³/mol. The number of amides is 1. The average Bonchev–Trinajstić information content (AvgIpc) is 3.29. The van der Waals surface area contributed by atoms with Crippen LogP contribution in [-0.2, 0) is 11.3 Å². The number of hydrogen-bond acceptors (Lipinski definition) is 4. The van der Waals surface area contributed by atoms with Gasteiger partial charge in [-0.25, -0.2) is 0 Å². The molecule has 0 heterocycles. The monoisotopic (exact) mass is 292 g/mol. The molecule has 1 aliphatic rings. The molecule has 21 heavy (non-hydrogen) atoms. The van der Waals surface area contributed by atoms with Crippen LogP contribution in [0, 0.1) is 0 Å². The molecular weight excluding hydrogens is 268 g/mol. The van der Waals surface area contributed by atoms with Crippen LogP contribution in [-0.4, -0.2) is 31.7 Å². The maximum Gasteiger partial charge on any atom is 0.260 e. The van der Waals surface area contributed by atoms with Gasteiger partial charge in [0, 0.05) is 19.1 Å². The van der Waals surface area contributed by atoms with Crippen molar-refractivity contribution < 1.29 is 14.3 Å². The Kier molecular flexibility index (Phi) is 5.44. The molecule has 2 N–H and O–H groups in total. The van der Waals surface area contributed by atoms with E-state index in [0.29, 0.717) is 24.1 Å². The number of methoxy groups -OCH3 is 1. The van der Waals surface area contributed by atoms with Gasteiger partial charge in [-0.15, -0.1) is 0 Å². The van der Waals surface area contributed by atoms with E-state index < -0.39 is 6.10 Å². The lowest BCUT2D eigenvalue weighted by molar-refractivity contribution is -0.127. The number of likely N-dealkylation sites (N-methyl/N-ethyl adjacent to an activating group) is 1. The summed E-state index contributed by atoms with van der Waals surface area (Å²) in [5, 5.41) is 6.21. The molecule has 5 heteroatoms. The van der Waals surface area contributed by atoms with Crippen LogP contribution < -0.4 is 20.1 Å². The van der Waals surface area contributed by atoms with E-state index in [9.17, 15) is 4.79 Å². The Morgan fingerprint density at radius 1 is 1.38 bits per heavy atom. The number of hydrogen-bond donors (Lipinski definition) is 2. The molecule has 1 saturated carbocycles. The molecule has 0 aliphatic heterocycles. The van der Waals surface area contributed by atoms with Crippen LogP contribution in [0.15, 0.2) is 18.2 Å². The minimum Gasteiger partial charge on any atom is -0.493 e. The minimum atomic E-state index is -0.550. The zero-order valence-corrected chi connectivity index (χ0v) is 12.9. The molecule has 1 aromatic rings. The van der Waals surface area contributed by atoms with Crippen LogP contribution in [0.25, 0.3) is 0 Å². The predicted octanol–water partition coefficient (Wildman–Crippen LogP) is 1.85. The van der Waals surface area contributed by atoms with Gasteiger partial charge in [-0.05, 0) is 44.4 Å². The van der Waals surface area contributed by atoms with E-state index in [2.05, 4.69) is 10.6 Å². The van der Waals surface area contributed by atoms with Gasteiger partial charge < -0.3 is 20.1 Å². The second-order valence-electron chi connectivity index (χ2n) is 5.30. The number of benzene rings is 1. The maximum atomic E-state index is 11.8. The lowest BCUT2D eigenvalue weighted by Gasteiger charge is -2.17. The number of ether oxygens (including phenoxy) is 2. The SMILES string of the molecule is CCNC(=O)C(C)Oc1cc(CNC2CC2)ccc1OC. The van der Waals surface area contributed by atoms with E-state index in [0.717, 1.165) is 12.1 Å². The highest BCUT2D eigenvalue weighted by atomic mass is 16.5. The van der Waals surface area contributed by atoms with Gasteiger partial charge in [0.05, 0.1) is 7.11 Å². The molecule has 0 spiro atoms. The Hall–Kier alpha value is -1.75. The first-order valence-corrected chi connectivity index (χ1v) is 7.48. The largest absolute Gasteiger partial charge is 0.493 e. The van der Waals surface area contributed by atoms with Gasteiger partial charge in [0.25, 0.3) is 5.91 Å². The summed E-state index contributed by atoms with van der Waals surface area (Å²) in [7, 11) is 1.60. The van der Waals surface area contributed by atoms with Gasteiger partial charge in [0.2, 0.25) is 0 Å². The molecule has 0 aromatic heterocycles. The highest BCUT2D eigenvalue weighted by Gasteiger charge is 2.20. The first-order valence-electron chi connectivity index (χ1n) is 7.48. The first kappa shape index (κ1) is 15.6. The molecule has 1 aromatic carbocycles. The Balaban J connectivity index is 2.03. The summed E-state index contributed by atoms with van der Waals surface area (Å²) in [6.45, 7) is 5.02. The van der Waals surface area contributed by atoms with Crippen LogP contribution >= 0.6 is 0 Å². The summed E-state index contributed by atoms with van der Waals surface area (Å²) < 4.78 is 11.1. The summed E-state index contributed by atoms with van der Waals surface area (Å²) >= 11 is 0. The van der Waals surface area contributed by atoms with Gasteiger partial charge in [-0.3, -0.25) is 4.79 Å². The van der Waals surface area contributed by atoms with E-state index in [-0.39, 0.29) is 5.91 Å². The molecule has 2 rings (SSSR count). The Morgan fingerprint density at radius 2 is 2.14 bits per heavy atom. The smallest absolute Gasteiger partial charge is 0.260 e. The van der Waals surface area contributed by atoms with Crippen molar-refractivity contribution in [2.75, 3.05) is 13.7 Å². The van der Waals surface area contributed by atoms with Crippen LogP contribution in [0.1, 0.15) is 32.3 Å². The average molecular weight is 292 g/mol. The second-order valence-corrected chi connectivity index (χ2v) is 5.30. The Labute approximate surface area is 126 Å². The van der Waals surface area contributed by atoms with E-state index >= 15 is 0 Å².